The van der Waals surface area contributed by atoms with Crippen LogP contribution in [0, 0.1) is 12.3 Å². The number of anilines is 3. The van der Waals surface area contributed by atoms with Gasteiger partial charge in [-0.2, -0.15) is 4.98 Å². The Bertz CT molecular complexity index is 1330. The number of carbonyl (C=O) groups is 1. The van der Waals surface area contributed by atoms with E-state index < -0.39 is 0 Å². The highest BCUT2D eigenvalue weighted by molar-refractivity contribution is 5.82. The summed E-state index contributed by atoms with van der Waals surface area (Å²) in [5.74, 6) is 2.97. The first-order chi connectivity index (χ1) is 17.8. The van der Waals surface area contributed by atoms with Crippen LogP contribution in [0.2, 0.25) is 0 Å². The molecule has 0 bridgehead atoms. The van der Waals surface area contributed by atoms with Crippen molar-refractivity contribution < 1.29 is 4.79 Å². The quantitative estimate of drug-likeness (QED) is 0.305. The monoisotopic (exact) mass is 501 g/mol. The van der Waals surface area contributed by atoms with Gasteiger partial charge in [-0.15, -0.1) is 6.42 Å². The third kappa shape index (κ3) is 6.66. The highest BCUT2D eigenvalue weighted by Crippen LogP contribution is 2.30. The zero-order chi connectivity index (χ0) is 26.4. The fourth-order valence-electron chi connectivity index (χ4n) is 4.85. The van der Waals surface area contributed by atoms with Gasteiger partial charge in [0, 0.05) is 54.8 Å². The highest BCUT2D eigenvalue weighted by atomic mass is 16.1. The van der Waals surface area contributed by atoms with Crippen LogP contribution in [-0.4, -0.2) is 58.6 Å². The van der Waals surface area contributed by atoms with Gasteiger partial charge in [-0.3, -0.25) is 14.2 Å². The minimum atomic E-state index is -0.169. The van der Waals surface area contributed by atoms with Crippen LogP contribution in [0.4, 0.5) is 17.3 Å². The fraction of sp³-hybridized carbons (Fsp3) is 0.429. The summed E-state index contributed by atoms with van der Waals surface area (Å²) in [4.78, 5) is 35.9. The van der Waals surface area contributed by atoms with Crippen molar-refractivity contribution in [1.29, 1.82) is 0 Å². The molecule has 37 heavy (non-hydrogen) atoms. The third-order valence-corrected chi connectivity index (χ3v) is 6.67. The Labute approximate surface area is 217 Å². The second-order valence-corrected chi connectivity index (χ2v) is 9.83. The van der Waals surface area contributed by atoms with Crippen molar-refractivity contribution in [3.05, 3.63) is 52.4 Å². The number of carbonyl (C=O) groups excluding carboxylic acids is 1. The minimum absolute atomic E-state index is 0.0209. The van der Waals surface area contributed by atoms with E-state index in [9.17, 15) is 9.59 Å². The van der Waals surface area contributed by atoms with Crippen molar-refractivity contribution in [3.8, 4) is 12.3 Å². The Kier molecular flexibility index (Phi) is 8.41. The van der Waals surface area contributed by atoms with Gasteiger partial charge in [0.05, 0.1) is 5.39 Å². The van der Waals surface area contributed by atoms with E-state index in [1.165, 1.54) is 13.0 Å². The van der Waals surface area contributed by atoms with Gasteiger partial charge in [0.25, 0.3) is 5.56 Å². The van der Waals surface area contributed by atoms with Crippen LogP contribution in [0.3, 0.4) is 0 Å². The molecule has 0 radical (unpaired) electrons. The summed E-state index contributed by atoms with van der Waals surface area (Å²) in [5, 5.41) is 10.3. The number of hydrogen-bond acceptors (Lipinski definition) is 7. The molecule has 1 fully saturated rings. The van der Waals surface area contributed by atoms with Gasteiger partial charge < -0.3 is 20.9 Å². The lowest BCUT2D eigenvalue weighted by molar-refractivity contribution is -0.119. The first kappa shape index (κ1) is 26.2. The number of aromatic nitrogens is 3. The Balaban J connectivity index is 1.54. The summed E-state index contributed by atoms with van der Waals surface area (Å²) in [6.07, 6.45) is 11.6. The topological polar surface area (TPSA) is 104 Å². The number of benzene rings is 1. The summed E-state index contributed by atoms with van der Waals surface area (Å²) in [7, 11) is 4.14. The van der Waals surface area contributed by atoms with Crippen LogP contribution in [0.1, 0.15) is 50.6 Å². The standard InChI is InChI=1S/C28H35N7O2/c1-5-20-17-26(37)35(24-13-11-22(12-14-24)31-19(2)36)27-25(20)18-30-28(33-27)32-23-9-7-21(8-10-23)29-15-6-16-34(3)4/h1,7-10,17-18,22,24,29H,6,11-16H2,2-4H3,(H,31,36)(H,30,32,33). The molecule has 2 heterocycles. The molecule has 1 aromatic carbocycles. The van der Waals surface area contributed by atoms with E-state index >= 15 is 0 Å². The SMILES string of the molecule is C#Cc1cc(=O)n(C2CCC(NC(C)=O)CC2)c2nc(Nc3ccc(NCCCN(C)C)cc3)ncc12. The summed E-state index contributed by atoms with van der Waals surface area (Å²) in [6.45, 7) is 3.47. The van der Waals surface area contributed by atoms with Crippen molar-refractivity contribution in [3.63, 3.8) is 0 Å². The molecule has 1 aliphatic rings. The molecule has 0 aliphatic heterocycles. The molecule has 9 nitrogen and oxygen atoms in total. The average molecular weight is 502 g/mol. The van der Waals surface area contributed by atoms with Crippen molar-refractivity contribution >= 4 is 34.3 Å². The van der Waals surface area contributed by atoms with Crippen LogP contribution in [0.25, 0.3) is 11.0 Å². The molecule has 9 heteroatoms. The van der Waals surface area contributed by atoms with Crippen LogP contribution in [0.5, 0.6) is 0 Å². The maximum Gasteiger partial charge on any atom is 0.253 e. The molecule has 3 aromatic rings. The number of hydrogen-bond donors (Lipinski definition) is 3. The summed E-state index contributed by atoms with van der Waals surface area (Å²) in [6, 6.07) is 9.57. The number of pyridine rings is 1. The smallest absolute Gasteiger partial charge is 0.253 e. The number of rotatable bonds is 9. The molecule has 1 amide bonds. The molecule has 194 valence electrons. The third-order valence-electron chi connectivity index (χ3n) is 6.67. The molecular formula is C28H35N7O2. The van der Waals surface area contributed by atoms with Crippen LogP contribution >= 0.6 is 0 Å². The van der Waals surface area contributed by atoms with Crippen molar-refractivity contribution in [1.82, 2.24) is 24.8 Å². The Hall–Kier alpha value is -3.90. The predicted octanol–water partition coefficient (Wildman–Crippen LogP) is 3.50. The zero-order valence-electron chi connectivity index (χ0n) is 21.8. The lowest BCUT2D eigenvalue weighted by Gasteiger charge is -2.30. The molecular weight excluding hydrogens is 466 g/mol. The second-order valence-electron chi connectivity index (χ2n) is 9.83. The molecule has 3 N–H and O–H groups in total. The molecule has 4 rings (SSSR count). The number of fused-ring (bicyclic) bond motifs is 1. The first-order valence-electron chi connectivity index (χ1n) is 12.8. The van der Waals surface area contributed by atoms with Gasteiger partial charge in [0.1, 0.15) is 5.65 Å². The van der Waals surface area contributed by atoms with Crippen molar-refractivity contribution in [2.45, 2.75) is 51.1 Å². The zero-order valence-corrected chi connectivity index (χ0v) is 21.8. The maximum atomic E-state index is 13.1. The first-order valence-corrected chi connectivity index (χ1v) is 12.8. The van der Waals surface area contributed by atoms with E-state index in [0.29, 0.717) is 22.5 Å². The number of nitrogens with zero attached hydrogens (tertiary/aromatic N) is 4. The van der Waals surface area contributed by atoms with Crippen LogP contribution < -0.4 is 21.5 Å². The molecule has 1 aliphatic carbocycles. The Morgan fingerprint density at radius 1 is 1.16 bits per heavy atom. The van der Waals surface area contributed by atoms with E-state index in [1.54, 1.807) is 10.8 Å². The fourth-order valence-corrected chi connectivity index (χ4v) is 4.85. The highest BCUT2D eigenvalue weighted by Gasteiger charge is 2.25. The van der Waals surface area contributed by atoms with Gasteiger partial charge in [0.15, 0.2) is 0 Å². The van der Waals surface area contributed by atoms with Crippen molar-refractivity contribution in [2.24, 2.45) is 0 Å². The van der Waals surface area contributed by atoms with Crippen LogP contribution in [0.15, 0.2) is 41.3 Å². The summed E-state index contributed by atoms with van der Waals surface area (Å²) < 4.78 is 1.74. The van der Waals surface area contributed by atoms with E-state index in [2.05, 4.69) is 45.9 Å². The van der Waals surface area contributed by atoms with Gasteiger partial charge in [-0.25, -0.2) is 4.98 Å². The molecule has 1 saturated carbocycles. The summed E-state index contributed by atoms with van der Waals surface area (Å²) >= 11 is 0. The van der Waals surface area contributed by atoms with Gasteiger partial charge in [0.2, 0.25) is 11.9 Å². The largest absolute Gasteiger partial charge is 0.385 e. The van der Waals surface area contributed by atoms with Crippen molar-refractivity contribution in [2.75, 3.05) is 37.8 Å². The van der Waals surface area contributed by atoms with E-state index in [-0.39, 0.29) is 23.6 Å². The van der Waals surface area contributed by atoms with E-state index in [0.717, 1.165) is 56.6 Å². The molecule has 0 spiro atoms. The molecule has 2 aromatic heterocycles. The molecule has 0 atom stereocenters. The number of nitrogens with one attached hydrogen (secondary N) is 3. The lowest BCUT2D eigenvalue weighted by Crippen LogP contribution is -2.38. The van der Waals surface area contributed by atoms with E-state index in [4.69, 9.17) is 11.4 Å². The van der Waals surface area contributed by atoms with E-state index in [1.807, 2.05) is 24.3 Å². The molecule has 0 saturated heterocycles. The maximum absolute atomic E-state index is 13.1. The Morgan fingerprint density at radius 2 is 1.86 bits per heavy atom. The normalized spacial score (nSPS) is 17.4. The van der Waals surface area contributed by atoms with Gasteiger partial charge >= 0.3 is 0 Å². The number of terminal acetylenes is 1. The number of amides is 1. The lowest BCUT2D eigenvalue weighted by atomic mass is 9.90. The molecule has 0 unspecified atom stereocenters. The predicted molar refractivity (Wildman–Crippen MR) is 148 cm³/mol. The average Bonchev–Trinajstić information content (AvgIpc) is 2.87. The van der Waals surface area contributed by atoms with Gasteiger partial charge in [-0.05, 0) is 77.0 Å². The minimum Gasteiger partial charge on any atom is -0.385 e. The Morgan fingerprint density at radius 3 is 2.51 bits per heavy atom. The van der Waals surface area contributed by atoms with Crippen LogP contribution in [-0.2, 0) is 4.79 Å². The second kappa shape index (κ2) is 11.9. The summed E-state index contributed by atoms with van der Waals surface area (Å²) in [5.41, 5.74) is 2.74. The van der Waals surface area contributed by atoms with Gasteiger partial charge in [-0.1, -0.05) is 5.92 Å².